The molecule has 0 amide bonds. The number of nitrogens with zero attached hydrogens (tertiary/aromatic N) is 2. The van der Waals surface area contributed by atoms with Crippen LogP contribution in [0.5, 0.6) is 0 Å². The van der Waals surface area contributed by atoms with Crippen molar-refractivity contribution in [3.63, 3.8) is 0 Å². The van der Waals surface area contributed by atoms with Crippen molar-refractivity contribution in [2.24, 2.45) is 7.05 Å². The standard InChI is InChI=1S/C11H12ClN3/c1-7-10(14-11(13)15(7)2)8-4-3-5-9(12)6-8/h3-6H,1-2H3,(H2,13,14). The molecule has 0 atom stereocenters. The minimum absolute atomic E-state index is 0.516. The van der Waals surface area contributed by atoms with E-state index in [1.54, 1.807) is 0 Å². The number of hydrogen-bond donors (Lipinski definition) is 1. The summed E-state index contributed by atoms with van der Waals surface area (Å²) in [7, 11) is 1.89. The third-order valence-corrected chi connectivity index (χ3v) is 2.75. The number of rotatable bonds is 1. The lowest BCUT2D eigenvalue weighted by molar-refractivity contribution is 0.889. The Morgan fingerprint density at radius 1 is 1.40 bits per heavy atom. The van der Waals surface area contributed by atoms with Gasteiger partial charge in [0.15, 0.2) is 0 Å². The summed E-state index contributed by atoms with van der Waals surface area (Å²) in [6.45, 7) is 1.99. The highest BCUT2D eigenvalue weighted by atomic mass is 35.5. The molecule has 3 nitrogen and oxygen atoms in total. The number of imidazole rings is 1. The molecule has 0 saturated carbocycles. The van der Waals surface area contributed by atoms with Gasteiger partial charge in [0.05, 0.1) is 5.69 Å². The molecule has 0 aliphatic rings. The van der Waals surface area contributed by atoms with Gasteiger partial charge in [-0.3, -0.25) is 0 Å². The van der Waals surface area contributed by atoms with Crippen LogP contribution in [-0.4, -0.2) is 9.55 Å². The van der Waals surface area contributed by atoms with E-state index < -0.39 is 0 Å². The van der Waals surface area contributed by atoms with Gasteiger partial charge in [0.25, 0.3) is 0 Å². The van der Waals surface area contributed by atoms with Crippen LogP contribution in [0.1, 0.15) is 5.69 Å². The molecule has 0 radical (unpaired) electrons. The summed E-state index contributed by atoms with van der Waals surface area (Å²) in [6.07, 6.45) is 0. The fraction of sp³-hybridized carbons (Fsp3) is 0.182. The Kier molecular flexibility index (Phi) is 2.40. The fourth-order valence-electron chi connectivity index (χ4n) is 1.51. The van der Waals surface area contributed by atoms with Crippen molar-refractivity contribution < 1.29 is 0 Å². The van der Waals surface area contributed by atoms with Crippen molar-refractivity contribution in [3.8, 4) is 11.3 Å². The van der Waals surface area contributed by atoms with Crippen molar-refractivity contribution in [3.05, 3.63) is 35.0 Å². The second-order valence-corrected chi connectivity index (χ2v) is 3.91. The number of benzene rings is 1. The lowest BCUT2D eigenvalue weighted by Gasteiger charge is -2.00. The highest BCUT2D eigenvalue weighted by molar-refractivity contribution is 6.30. The van der Waals surface area contributed by atoms with Gasteiger partial charge in [-0.15, -0.1) is 0 Å². The predicted octanol–water partition coefficient (Wildman–Crippen LogP) is 2.63. The van der Waals surface area contributed by atoms with Crippen molar-refractivity contribution in [1.29, 1.82) is 0 Å². The van der Waals surface area contributed by atoms with Crippen LogP contribution in [0.2, 0.25) is 5.02 Å². The summed E-state index contributed by atoms with van der Waals surface area (Å²) in [4.78, 5) is 4.30. The maximum atomic E-state index is 5.93. The van der Waals surface area contributed by atoms with Crippen molar-refractivity contribution in [2.75, 3.05) is 5.73 Å². The fourth-order valence-corrected chi connectivity index (χ4v) is 1.70. The van der Waals surface area contributed by atoms with Crippen LogP contribution in [-0.2, 0) is 7.05 Å². The molecule has 1 aromatic carbocycles. The molecule has 0 unspecified atom stereocenters. The van der Waals surface area contributed by atoms with Gasteiger partial charge in [-0.05, 0) is 19.1 Å². The zero-order valence-electron chi connectivity index (χ0n) is 8.66. The Bertz CT molecular complexity index is 503. The molecule has 0 bridgehead atoms. The van der Waals surface area contributed by atoms with Gasteiger partial charge in [0.1, 0.15) is 0 Å². The van der Waals surface area contributed by atoms with Gasteiger partial charge in [-0.1, -0.05) is 23.7 Å². The Balaban J connectivity index is 2.59. The molecule has 0 saturated heterocycles. The van der Waals surface area contributed by atoms with E-state index in [1.807, 2.05) is 42.8 Å². The molecule has 2 rings (SSSR count). The Morgan fingerprint density at radius 2 is 2.13 bits per heavy atom. The van der Waals surface area contributed by atoms with E-state index in [1.165, 1.54) is 0 Å². The molecule has 4 heteroatoms. The maximum Gasteiger partial charge on any atom is 0.200 e. The van der Waals surface area contributed by atoms with Crippen LogP contribution >= 0.6 is 11.6 Å². The molecule has 1 aromatic heterocycles. The van der Waals surface area contributed by atoms with Gasteiger partial charge < -0.3 is 10.3 Å². The topological polar surface area (TPSA) is 43.8 Å². The average molecular weight is 222 g/mol. The van der Waals surface area contributed by atoms with Gasteiger partial charge >= 0.3 is 0 Å². The highest BCUT2D eigenvalue weighted by Crippen LogP contribution is 2.25. The molecule has 0 spiro atoms. The van der Waals surface area contributed by atoms with E-state index in [0.717, 1.165) is 17.0 Å². The molecular weight excluding hydrogens is 210 g/mol. The summed E-state index contributed by atoms with van der Waals surface area (Å²) in [6, 6.07) is 7.60. The first-order valence-electron chi connectivity index (χ1n) is 4.64. The van der Waals surface area contributed by atoms with Crippen LogP contribution in [0, 0.1) is 6.92 Å². The summed E-state index contributed by atoms with van der Waals surface area (Å²) in [5, 5.41) is 0.705. The number of nitrogen functional groups attached to an aromatic ring is 1. The molecule has 15 heavy (non-hydrogen) atoms. The number of anilines is 1. The molecule has 0 fully saturated rings. The van der Waals surface area contributed by atoms with E-state index in [2.05, 4.69) is 4.98 Å². The van der Waals surface area contributed by atoms with Gasteiger partial charge in [0.2, 0.25) is 5.95 Å². The van der Waals surface area contributed by atoms with Crippen LogP contribution in [0.15, 0.2) is 24.3 Å². The first-order valence-corrected chi connectivity index (χ1v) is 5.02. The number of nitrogens with two attached hydrogens (primary N) is 1. The molecular formula is C11H12ClN3. The van der Waals surface area contributed by atoms with Crippen molar-refractivity contribution in [1.82, 2.24) is 9.55 Å². The number of halogens is 1. The summed E-state index contributed by atoms with van der Waals surface area (Å²) in [5.41, 5.74) is 8.65. The quantitative estimate of drug-likeness (QED) is 0.805. The lowest BCUT2D eigenvalue weighted by Crippen LogP contribution is -1.97. The average Bonchev–Trinajstić information content (AvgIpc) is 2.46. The second kappa shape index (κ2) is 3.59. The van der Waals surface area contributed by atoms with Crippen LogP contribution in [0.25, 0.3) is 11.3 Å². The first-order chi connectivity index (χ1) is 7.09. The van der Waals surface area contributed by atoms with E-state index in [9.17, 15) is 0 Å². The predicted molar refractivity (Wildman–Crippen MR) is 62.8 cm³/mol. The van der Waals surface area contributed by atoms with Gasteiger partial charge in [-0.2, -0.15) is 0 Å². The minimum atomic E-state index is 0.516. The Labute approximate surface area is 93.5 Å². The van der Waals surface area contributed by atoms with Crippen molar-refractivity contribution in [2.45, 2.75) is 6.92 Å². The van der Waals surface area contributed by atoms with Gasteiger partial charge in [-0.25, -0.2) is 4.98 Å². The minimum Gasteiger partial charge on any atom is -0.369 e. The monoisotopic (exact) mass is 221 g/mol. The Morgan fingerprint density at radius 3 is 2.67 bits per heavy atom. The molecule has 0 aliphatic heterocycles. The molecule has 0 aliphatic carbocycles. The lowest BCUT2D eigenvalue weighted by atomic mass is 10.1. The number of hydrogen-bond acceptors (Lipinski definition) is 2. The van der Waals surface area contributed by atoms with E-state index in [4.69, 9.17) is 17.3 Å². The summed E-state index contributed by atoms with van der Waals surface area (Å²) < 4.78 is 1.86. The third kappa shape index (κ3) is 1.70. The smallest absolute Gasteiger partial charge is 0.200 e. The molecule has 1 heterocycles. The third-order valence-electron chi connectivity index (χ3n) is 2.51. The molecule has 78 valence electrons. The van der Waals surface area contributed by atoms with Crippen LogP contribution in [0.4, 0.5) is 5.95 Å². The Hall–Kier alpha value is -1.48. The van der Waals surface area contributed by atoms with E-state index in [-0.39, 0.29) is 0 Å². The first kappa shape index (κ1) is 10.1. The zero-order valence-corrected chi connectivity index (χ0v) is 9.42. The zero-order chi connectivity index (χ0) is 11.0. The summed E-state index contributed by atoms with van der Waals surface area (Å²) >= 11 is 5.93. The molecule has 2 aromatic rings. The van der Waals surface area contributed by atoms with Gasteiger partial charge in [0, 0.05) is 23.3 Å². The summed E-state index contributed by atoms with van der Waals surface area (Å²) in [5.74, 6) is 0.516. The SMILES string of the molecule is Cc1c(-c2cccc(Cl)c2)nc(N)n1C. The van der Waals surface area contributed by atoms with Crippen LogP contribution in [0.3, 0.4) is 0 Å². The largest absolute Gasteiger partial charge is 0.369 e. The second-order valence-electron chi connectivity index (χ2n) is 3.47. The van der Waals surface area contributed by atoms with Crippen molar-refractivity contribution >= 4 is 17.5 Å². The highest BCUT2D eigenvalue weighted by Gasteiger charge is 2.10. The van der Waals surface area contributed by atoms with E-state index in [0.29, 0.717) is 11.0 Å². The van der Waals surface area contributed by atoms with E-state index >= 15 is 0 Å². The molecule has 2 N–H and O–H groups in total. The maximum absolute atomic E-state index is 5.93. The number of aromatic nitrogens is 2. The normalized spacial score (nSPS) is 10.6. The van der Waals surface area contributed by atoms with Crippen LogP contribution < -0.4 is 5.73 Å².